The van der Waals surface area contributed by atoms with Crippen LogP contribution < -0.4 is 0 Å². The first-order chi connectivity index (χ1) is 11.6. The molecule has 1 aliphatic rings. The van der Waals surface area contributed by atoms with E-state index in [0.29, 0.717) is 6.42 Å². The Morgan fingerprint density at radius 1 is 1.04 bits per heavy atom. The number of aliphatic carboxylic acids is 1. The highest BCUT2D eigenvalue weighted by molar-refractivity contribution is 5.79. The zero-order valence-electron chi connectivity index (χ0n) is 13.6. The molecule has 1 atom stereocenters. The Morgan fingerprint density at radius 3 is 2.12 bits per heavy atom. The number of fused-ring (bicyclic) bond motifs is 3. The molecule has 0 amide bonds. The van der Waals surface area contributed by atoms with Crippen molar-refractivity contribution in [2.45, 2.75) is 25.7 Å². The van der Waals surface area contributed by atoms with Gasteiger partial charge in [-0.05, 0) is 28.7 Å². The van der Waals surface area contributed by atoms with Crippen LogP contribution in [0.25, 0.3) is 11.1 Å². The number of carboxylic acids is 1. The van der Waals surface area contributed by atoms with Crippen molar-refractivity contribution >= 4 is 11.9 Å². The predicted octanol–water partition coefficient (Wildman–Crippen LogP) is 3.84. The van der Waals surface area contributed by atoms with Gasteiger partial charge in [-0.3, -0.25) is 9.59 Å². The minimum Gasteiger partial charge on any atom is -0.481 e. The van der Waals surface area contributed by atoms with Crippen LogP contribution in [0.5, 0.6) is 0 Å². The summed E-state index contributed by atoms with van der Waals surface area (Å²) in [6, 6.07) is 16.3. The van der Waals surface area contributed by atoms with Gasteiger partial charge in [-0.2, -0.15) is 0 Å². The molecule has 0 saturated carbocycles. The van der Waals surface area contributed by atoms with Gasteiger partial charge in [-0.15, -0.1) is 0 Å². The molecule has 124 valence electrons. The second kappa shape index (κ2) is 6.87. The summed E-state index contributed by atoms with van der Waals surface area (Å²) in [5.41, 5.74) is 4.72. The quantitative estimate of drug-likeness (QED) is 0.820. The topological polar surface area (TPSA) is 63.6 Å². The van der Waals surface area contributed by atoms with Gasteiger partial charge in [-0.1, -0.05) is 55.5 Å². The first kappa shape index (κ1) is 16.2. The molecule has 0 unspecified atom stereocenters. The third-order valence-electron chi connectivity index (χ3n) is 4.58. The van der Waals surface area contributed by atoms with Crippen molar-refractivity contribution in [1.82, 2.24) is 0 Å². The molecular weight excluding hydrogens is 304 g/mol. The lowest BCUT2D eigenvalue weighted by atomic mass is 9.98. The Hall–Kier alpha value is -2.62. The zero-order valence-corrected chi connectivity index (χ0v) is 13.6. The minimum atomic E-state index is -0.888. The summed E-state index contributed by atoms with van der Waals surface area (Å²) in [5.74, 6) is -1.73. The Kier molecular flexibility index (Phi) is 4.65. The first-order valence-corrected chi connectivity index (χ1v) is 8.14. The van der Waals surface area contributed by atoms with Crippen molar-refractivity contribution in [3.05, 3.63) is 59.7 Å². The highest BCUT2D eigenvalue weighted by Gasteiger charge is 2.29. The normalized spacial score (nSPS) is 13.9. The Labute approximate surface area is 141 Å². The number of esters is 1. The average molecular weight is 324 g/mol. The second-order valence-corrected chi connectivity index (χ2v) is 6.19. The van der Waals surface area contributed by atoms with Gasteiger partial charge in [0.2, 0.25) is 0 Å². The van der Waals surface area contributed by atoms with E-state index in [1.807, 2.05) is 24.3 Å². The molecule has 0 heterocycles. The van der Waals surface area contributed by atoms with Crippen LogP contribution in [0, 0.1) is 5.92 Å². The molecule has 0 saturated heterocycles. The largest absolute Gasteiger partial charge is 0.481 e. The molecule has 4 heteroatoms. The Bertz CT molecular complexity index is 720. The standard InChI is InChI=1S/C20H20O4/c1-13(20(22)23)10-11-19(21)24-12-18-16-8-4-2-6-14(16)15-7-3-5-9-17(15)18/h2-9,13,18H,10-12H2,1H3,(H,22,23)/t13-/m1/s1. The average Bonchev–Trinajstić information content (AvgIpc) is 2.92. The van der Waals surface area contributed by atoms with Gasteiger partial charge >= 0.3 is 11.9 Å². The molecule has 0 fully saturated rings. The van der Waals surface area contributed by atoms with Crippen molar-refractivity contribution < 1.29 is 19.4 Å². The van der Waals surface area contributed by atoms with E-state index >= 15 is 0 Å². The van der Waals surface area contributed by atoms with E-state index in [1.165, 1.54) is 22.3 Å². The van der Waals surface area contributed by atoms with Gasteiger partial charge in [0.15, 0.2) is 0 Å². The number of carbonyl (C=O) groups excluding carboxylic acids is 1. The molecule has 0 radical (unpaired) electrons. The predicted molar refractivity (Wildman–Crippen MR) is 90.7 cm³/mol. The molecular formula is C20H20O4. The van der Waals surface area contributed by atoms with Crippen LogP contribution in [0.1, 0.15) is 36.8 Å². The maximum Gasteiger partial charge on any atom is 0.306 e. The van der Waals surface area contributed by atoms with Crippen LogP contribution in [0.3, 0.4) is 0 Å². The van der Waals surface area contributed by atoms with Gasteiger partial charge in [0.1, 0.15) is 6.61 Å². The van der Waals surface area contributed by atoms with E-state index in [-0.39, 0.29) is 24.9 Å². The van der Waals surface area contributed by atoms with Crippen molar-refractivity contribution in [3.63, 3.8) is 0 Å². The van der Waals surface area contributed by atoms with E-state index in [4.69, 9.17) is 9.84 Å². The summed E-state index contributed by atoms with van der Waals surface area (Å²) in [6.45, 7) is 1.88. The smallest absolute Gasteiger partial charge is 0.306 e. The summed E-state index contributed by atoms with van der Waals surface area (Å²) in [7, 11) is 0. The van der Waals surface area contributed by atoms with E-state index in [1.54, 1.807) is 6.92 Å². The van der Waals surface area contributed by atoms with Crippen LogP contribution in [-0.2, 0) is 14.3 Å². The van der Waals surface area contributed by atoms with E-state index in [9.17, 15) is 9.59 Å². The maximum atomic E-state index is 11.9. The van der Waals surface area contributed by atoms with Crippen LogP contribution in [0.4, 0.5) is 0 Å². The van der Waals surface area contributed by atoms with Crippen LogP contribution in [0.2, 0.25) is 0 Å². The van der Waals surface area contributed by atoms with Gasteiger partial charge in [0, 0.05) is 12.3 Å². The van der Waals surface area contributed by atoms with Crippen LogP contribution in [-0.4, -0.2) is 23.7 Å². The molecule has 2 aromatic carbocycles. The fourth-order valence-electron chi connectivity index (χ4n) is 3.15. The van der Waals surface area contributed by atoms with Gasteiger partial charge < -0.3 is 9.84 Å². The van der Waals surface area contributed by atoms with Gasteiger partial charge in [0.25, 0.3) is 0 Å². The lowest BCUT2D eigenvalue weighted by Gasteiger charge is -2.14. The maximum absolute atomic E-state index is 11.9. The third-order valence-corrected chi connectivity index (χ3v) is 4.58. The molecule has 4 nitrogen and oxygen atoms in total. The van der Waals surface area contributed by atoms with Gasteiger partial charge in [0.05, 0.1) is 5.92 Å². The van der Waals surface area contributed by atoms with Gasteiger partial charge in [-0.25, -0.2) is 0 Å². The number of carbonyl (C=O) groups is 2. The van der Waals surface area contributed by atoms with Crippen molar-refractivity contribution in [3.8, 4) is 11.1 Å². The summed E-state index contributed by atoms with van der Waals surface area (Å²) in [4.78, 5) is 22.7. The van der Waals surface area contributed by atoms with Crippen LogP contribution in [0.15, 0.2) is 48.5 Å². The molecule has 24 heavy (non-hydrogen) atoms. The summed E-state index contributed by atoms with van der Waals surface area (Å²) < 4.78 is 5.44. The molecule has 0 spiro atoms. The zero-order chi connectivity index (χ0) is 17.1. The molecule has 1 aliphatic carbocycles. The van der Waals surface area contributed by atoms with Crippen molar-refractivity contribution in [2.24, 2.45) is 5.92 Å². The molecule has 3 rings (SSSR count). The SMILES string of the molecule is C[C@H](CCC(=O)OCC1c2ccccc2-c2ccccc21)C(=O)O. The molecule has 0 bridgehead atoms. The number of carboxylic acid groups (broad SMARTS) is 1. The number of ether oxygens (including phenoxy) is 1. The Morgan fingerprint density at radius 2 is 1.58 bits per heavy atom. The third kappa shape index (κ3) is 3.18. The highest BCUT2D eigenvalue weighted by atomic mass is 16.5. The number of hydrogen-bond donors (Lipinski definition) is 1. The number of rotatable bonds is 6. The lowest BCUT2D eigenvalue weighted by Crippen LogP contribution is -2.15. The summed E-state index contributed by atoms with van der Waals surface area (Å²) in [5, 5.41) is 8.86. The van der Waals surface area contributed by atoms with Crippen molar-refractivity contribution in [1.29, 1.82) is 0 Å². The van der Waals surface area contributed by atoms with Crippen molar-refractivity contribution in [2.75, 3.05) is 6.61 Å². The lowest BCUT2D eigenvalue weighted by molar-refractivity contribution is -0.145. The van der Waals surface area contributed by atoms with E-state index in [0.717, 1.165) is 0 Å². The minimum absolute atomic E-state index is 0.0400. The first-order valence-electron chi connectivity index (χ1n) is 8.14. The number of benzene rings is 2. The summed E-state index contributed by atoms with van der Waals surface area (Å²) in [6.07, 6.45) is 0.426. The monoisotopic (exact) mass is 324 g/mol. The molecule has 0 aromatic heterocycles. The highest BCUT2D eigenvalue weighted by Crippen LogP contribution is 2.44. The molecule has 0 aliphatic heterocycles. The fourth-order valence-corrected chi connectivity index (χ4v) is 3.15. The fraction of sp³-hybridized carbons (Fsp3) is 0.300. The molecule has 1 N–H and O–H groups in total. The molecule has 2 aromatic rings. The van der Waals surface area contributed by atoms with Crippen LogP contribution >= 0.6 is 0 Å². The Balaban J connectivity index is 1.67. The second-order valence-electron chi connectivity index (χ2n) is 6.19. The summed E-state index contributed by atoms with van der Waals surface area (Å²) >= 11 is 0. The van der Waals surface area contributed by atoms with E-state index in [2.05, 4.69) is 24.3 Å². The number of hydrogen-bond acceptors (Lipinski definition) is 3. The van der Waals surface area contributed by atoms with E-state index < -0.39 is 11.9 Å².